The Bertz CT molecular complexity index is 1120. The maximum Gasteiger partial charge on any atom is 0.253 e. The molecule has 0 spiro atoms. The number of amides is 1. The second kappa shape index (κ2) is 7.50. The van der Waals surface area contributed by atoms with Crippen LogP contribution in [0.1, 0.15) is 42.1 Å². The molecule has 0 aliphatic heterocycles. The van der Waals surface area contributed by atoms with Gasteiger partial charge >= 0.3 is 0 Å². The number of nitrogens with one attached hydrogen (secondary N) is 2. The van der Waals surface area contributed by atoms with Gasteiger partial charge in [0.2, 0.25) is 0 Å². The number of rotatable bonds is 4. The van der Waals surface area contributed by atoms with Crippen LogP contribution < -0.4 is 5.32 Å². The molecular weight excluding hydrogens is 364 g/mol. The molecule has 1 amide bonds. The zero-order valence-corrected chi connectivity index (χ0v) is 16.0. The molecule has 0 bridgehead atoms. The predicted molar refractivity (Wildman–Crippen MR) is 110 cm³/mol. The lowest BCUT2D eigenvalue weighted by molar-refractivity contribution is 0.0923. The van der Waals surface area contributed by atoms with Crippen LogP contribution >= 0.6 is 0 Å². The lowest BCUT2D eigenvalue weighted by atomic mass is 9.91. The molecular formula is C22H22N6O. The average Bonchev–Trinajstić information content (AvgIpc) is 3.44. The van der Waals surface area contributed by atoms with Crippen LogP contribution in [0.25, 0.3) is 22.2 Å². The molecule has 0 saturated heterocycles. The molecule has 0 radical (unpaired) electrons. The van der Waals surface area contributed by atoms with Gasteiger partial charge in [-0.2, -0.15) is 5.10 Å². The Balaban J connectivity index is 1.21. The van der Waals surface area contributed by atoms with E-state index in [-0.39, 0.29) is 11.9 Å². The zero-order chi connectivity index (χ0) is 19.6. The van der Waals surface area contributed by atoms with Crippen LogP contribution in [0.5, 0.6) is 0 Å². The van der Waals surface area contributed by atoms with Gasteiger partial charge in [-0.25, -0.2) is 9.97 Å². The van der Waals surface area contributed by atoms with Crippen LogP contribution in [0.2, 0.25) is 0 Å². The van der Waals surface area contributed by atoms with Crippen molar-refractivity contribution in [3.8, 4) is 11.3 Å². The highest BCUT2D eigenvalue weighted by molar-refractivity contribution is 6.05. The van der Waals surface area contributed by atoms with Crippen molar-refractivity contribution in [1.82, 2.24) is 30.0 Å². The number of fused-ring (bicyclic) bond motifs is 1. The van der Waals surface area contributed by atoms with Crippen LogP contribution in [-0.2, 0) is 0 Å². The predicted octanol–water partition coefficient (Wildman–Crippen LogP) is 3.74. The standard InChI is InChI=1S/C22H22N6O/c29-22(19-3-1-2-15-8-11-24-21(15)19)27-17-4-6-18(7-5-17)28-13-16(12-26-28)20-9-10-23-14-25-20/h1-3,8-14,17-18,24H,4-7H2,(H,27,29). The first-order valence-corrected chi connectivity index (χ1v) is 9.95. The van der Waals surface area contributed by atoms with Gasteiger partial charge in [0.05, 0.1) is 29.0 Å². The van der Waals surface area contributed by atoms with E-state index in [1.54, 1.807) is 12.5 Å². The summed E-state index contributed by atoms with van der Waals surface area (Å²) in [5.74, 6) is -0.00774. The van der Waals surface area contributed by atoms with E-state index in [2.05, 4.69) is 31.6 Å². The molecule has 0 atom stereocenters. The molecule has 5 rings (SSSR count). The molecule has 1 fully saturated rings. The molecule has 1 aliphatic rings. The van der Waals surface area contributed by atoms with E-state index in [0.29, 0.717) is 11.6 Å². The normalized spacial score (nSPS) is 19.3. The number of carbonyl (C=O) groups excluding carboxylic acids is 1. The summed E-state index contributed by atoms with van der Waals surface area (Å²) in [5.41, 5.74) is 3.48. The average molecular weight is 386 g/mol. The minimum atomic E-state index is -0.00774. The molecule has 7 nitrogen and oxygen atoms in total. The number of nitrogens with zero attached hydrogens (tertiary/aromatic N) is 4. The molecule has 146 valence electrons. The minimum absolute atomic E-state index is 0.00774. The number of benzene rings is 1. The third-order valence-corrected chi connectivity index (χ3v) is 5.72. The van der Waals surface area contributed by atoms with Crippen LogP contribution in [0.4, 0.5) is 0 Å². The fourth-order valence-electron chi connectivity index (χ4n) is 4.15. The molecule has 1 saturated carbocycles. The maximum atomic E-state index is 12.8. The largest absolute Gasteiger partial charge is 0.361 e. The second-order valence-electron chi connectivity index (χ2n) is 7.53. The van der Waals surface area contributed by atoms with Crippen molar-refractivity contribution >= 4 is 16.8 Å². The van der Waals surface area contributed by atoms with Crippen LogP contribution in [-0.4, -0.2) is 36.7 Å². The number of H-pyrrole nitrogens is 1. The summed E-state index contributed by atoms with van der Waals surface area (Å²) >= 11 is 0. The van der Waals surface area contributed by atoms with Crippen LogP contribution in [0, 0.1) is 0 Å². The molecule has 7 heteroatoms. The van der Waals surface area contributed by atoms with Gasteiger partial charge in [0, 0.05) is 35.6 Å². The van der Waals surface area contributed by atoms with E-state index in [9.17, 15) is 4.79 Å². The number of para-hydroxylation sites is 1. The van der Waals surface area contributed by atoms with Crippen LogP contribution in [0.3, 0.4) is 0 Å². The Morgan fingerprint density at radius 2 is 2.03 bits per heavy atom. The topological polar surface area (TPSA) is 88.5 Å². The first-order chi connectivity index (χ1) is 14.3. The smallest absolute Gasteiger partial charge is 0.253 e. The highest BCUT2D eigenvalue weighted by Gasteiger charge is 2.25. The Kier molecular flexibility index (Phi) is 4.56. The van der Waals surface area contributed by atoms with Crippen molar-refractivity contribution in [3.05, 3.63) is 67.0 Å². The number of hydrogen-bond donors (Lipinski definition) is 2. The highest BCUT2D eigenvalue weighted by atomic mass is 16.1. The van der Waals surface area contributed by atoms with Crippen molar-refractivity contribution in [2.24, 2.45) is 0 Å². The van der Waals surface area contributed by atoms with E-state index in [4.69, 9.17) is 0 Å². The summed E-state index contributed by atoms with van der Waals surface area (Å²) in [6.45, 7) is 0. The summed E-state index contributed by atoms with van der Waals surface area (Å²) in [6.07, 6.45) is 12.9. The van der Waals surface area contributed by atoms with Gasteiger partial charge in [0.25, 0.3) is 5.91 Å². The number of carbonyl (C=O) groups is 1. The van der Waals surface area contributed by atoms with Gasteiger partial charge in [-0.05, 0) is 43.9 Å². The third-order valence-electron chi connectivity index (χ3n) is 5.72. The zero-order valence-electron chi connectivity index (χ0n) is 16.0. The Morgan fingerprint density at radius 3 is 2.86 bits per heavy atom. The Morgan fingerprint density at radius 1 is 1.14 bits per heavy atom. The summed E-state index contributed by atoms with van der Waals surface area (Å²) in [4.78, 5) is 24.2. The van der Waals surface area contributed by atoms with Crippen molar-refractivity contribution in [2.45, 2.75) is 37.8 Å². The van der Waals surface area contributed by atoms with E-state index in [0.717, 1.165) is 47.8 Å². The highest BCUT2D eigenvalue weighted by Crippen LogP contribution is 2.29. The number of aromatic amines is 1. The van der Waals surface area contributed by atoms with Crippen molar-refractivity contribution in [3.63, 3.8) is 0 Å². The fraction of sp³-hybridized carbons (Fsp3) is 0.273. The summed E-state index contributed by atoms with van der Waals surface area (Å²) < 4.78 is 2.04. The molecule has 1 aromatic carbocycles. The lowest BCUT2D eigenvalue weighted by Crippen LogP contribution is -2.38. The van der Waals surface area contributed by atoms with Crippen molar-refractivity contribution < 1.29 is 4.79 Å². The molecule has 3 heterocycles. The molecule has 4 aromatic rings. The molecule has 2 N–H and O–H groups in total. The van der Waals surface area contributed by atoms with E-state index in [1.807, 2.05) is 47.4 Å². The fourth-order valence-corrected chi connectivity index (χ4v) is 4.15. The molecule has 0 unspecified atom stereocenters. The SMILES string of the molecule is O=C(NC1CCC(n2cc(-c3ccncn3)cn2)CC1)c1cccc2cc[nH]c12. The van der Waals surface area contributed by atoms with E-state index in [1.165, 1.54) is 0 Å². The van der Waals surface area contributed by atoms with Gasteiger partial charge < -0.3 is 10.3 Å². The monoisotopic (exact) mass is 386 g/mol. The Labute approximate surface area is 168 Å². The minimum Gasteiger partial charge on any atom is -0.361 e. The number of aromatic nitrogens is 5. The summed E-state index contributed by atoms with van der Waals surface area (Å²) in [6, 6.07) is 10.2. The van der Waals surface area contributed by atoms with Gasteiger partial charge in [-0.1, -0.05) is 12.1 Å². The maximum absolute atomic E-state index is 12.8. The molecule has 29 heavy (non-hydrogen) atoms. The molecule has 3 aromatic heterocycles. The first kappa shape index (κ1) is 17.6. The van der Waals surface area contributed by atoms with Gasteiger partial charge in [0.1, 0.15) is 6.33 Å². The quantitative estimate of drug-likeness (QED) is 0.559. The first-order valence-electron chi connectivity index (χ1n) is 9.95. The lowest BCUT2D eigenvalue weighted by Gasteiger charge is -2.29. The van der Waals surface area contributed by atoms with Crippen molar-refractivity contribution in [1.29, 1.82) is 0 Å². The molecule has 1 aliphatic carbocycles. The number of hydrogen-bond acceptors (Lipinski definition) is 4. The van der Waals surface area contributed by atoms with Gasteiger partial charge in [-0.3, -0.25) is 9.48 Å². The van der Waals surface area contributed by atoms with Gasteiger partial charge in [-0.15, -0.1) is 0 Å². The van der Waals surface area contributed by atoms with Crippen LogP contribution in [0.15, 0.2) is 61.4 Å². The van der Waals surface area contributed by atoms with Crippen molar-refractivity contribution in [2.75, 3.05) is 0 Å². The second-order valence-corrected chi connectivity index (χ2v) is 7.53. The summed E-state index contributed by atoms with van der Waals surface area (Å²) in [7, 11) is 0. The van der Waals surface area contributed by atoms with E-state index < -0.39 is 0 Å². The van der Waals surface area contributed by atoms with E-state index >= 15 is 0 Å². The van der Waals surface area contributed by atoms with Gasteiger partial charge in [0.15, 0.2) is 0 Å². The summed E-state index contributed by atoms with van der Waals surface area (Å²) in [5, 5.41) is 8.81. The Hall–Kier alpha value is -3.48. The third kappa shape index (κ3) is 3.51.